The van der Waals surface area contributed by atoms with Crippen LogP contribution in [0, 0.1) is 0 Å². The average molecular weight is 411 g/mol. The summed E-state index contributed by atoms with van der Waals surface area (Å²) in [5, 5.41) is 0. The first-order chi connectivity index (χ1) is 14.7. The molecule has 162 valence electrons. The van der Waals surface area contributed by atoms with E-state index in [1.807, 2.05) is 24.3 Å². The van der Waals surface area contributed by atoms with Gasteiger partial charge in [0.05, 0.1) is 13.7 Å². The van der Waals surface area contributed by atoms with Crippen molar-refractivity contribution in [2.24, 2.45) is 0 Å². The predicted molar refractivity (Wildman–Crippen MR) is 122 cm³/mol. The van der Waals surface area contributed by atoms with Crippen molar-refractivity contribution in [3.8, 4) is 17.2 Å². The van der Waals surface area contributed by atoms with E-state index in [1.165, 1.54) is 51.0 Å². The molecule has 0 N–H and O–H groups in total. The zero-order valence-electron chi connectivity index (χ0n) is 18.3. The van der Waals surface area contributed by atoms with Crippen molar-refractivity contribution in [2.45, 2.75) is 58.3 Å². The molecule has 2 aromatic carbocycles. The van der Waals surface area contributed by atoms with Crippen LogP contribution >= 0.6 is 0 Å². The second kappa shape index (κ2) is 14.3. The van der Waals surface area contributed by atoms with Crippen LogP contribution in [-0.2, 0) is 4.79 Å². The van der Waals surface area contributed by atoms with Crippen LogP contribution < -0.4 is 14.2 Å². The van der Waals surface area contributed by atoms with E-state index in [9.17, 15) is 4.79 Å². The number of hydrogen-bond donors (Lipinski definition) is 0. The Labute approximate surface area is 180 Å². The maximum atomic E-state index is 11.9. The molecule has 2 aromatic rings. The number of esters is 1. The van der Waals surface area contributed by atoms with E-state index in [0.717, 1.165) is 30.1 Å². The summed E-state index contributed by atoms with van der Waals surface area (Å²) >= 11 is 0. The molecule has 0 radical (unpaired) electrons. The van der Waals surface area contributed by atoms with Gasteiger partial charge in [-0.05, 0) is 54.5 Å². The van der Waals surface area contributed by atoms with E-state index < -0.39 is 5.97 Å². The maximum absolute atomic E-state index is 11.9. The molecule has 0 fully saturated rings. The second-order valence-corrected chi connectivity index (χ2v) is 7.32. The van der Waals surface area contributed by atoms with Gasteiger partial charge in [-0.15, -0.1) is 0 Å². The van der Waals surface area contributed by atoms with Gasteiger partial charge in [0.1, 0.15) is 17.2 Å². The lowest BCUT2D eigenvalue weighted by molar-refractivity contribution is -0.128. The lowest BCUT2D eigenvalue weighted by Gasteiger charge is -2.06. The van der Waals surface area contributed by atoms with Crippen molar-refractivity contribution in [3.05, 3.63) is 60.2 Å². The van der Waals surface area contributed by atoms with Gasteiger partial charge in [-0.1, -0.05) is 64.0 Å². The van der Waals surface area contributed by atoms with Gasteiger partial charge in [-0.25, -0.2) is 4.79 Å². The molecule has 0 heterocycles. The van der Waals surface area contributed by atoms with Gasteiger partial charge < -0.3 is 14.2 Å². The standard InChI is InChI=1S/C26H34O4/c1-3-4-5-6-7-8-9-10-21-29-24-14-11-22(12-15-24)13-20-26(27)30-25-18-16-23(28-2)17-19-25/h11-20H,3-10,21H2,1-2H3/b20-13+. The highest BCUT2D eigenvalue weighted by Gasteiger charge is 2.01. The molecule has 0 aliphatic heterocycles. The number of carbonyl (C=O) groups excluding carboxylic acids is 1. The Hall–Kier alpha value is -2.75. The Balaban J connectivity index is 1.64. The molecule has 0 aromatic heterocycles. The first kappa shape index (κ1) is 23.5. The molecule has 4 heteroatoms. The number of methoxy groups -OCH3 is 1. The van der Waals surface area contributed by atoms with Crippen molar-refractivity contribution >= 4 is 12.0 Å². The van der Waals surface area contributed by atoms with Crippen LogP contribution in [-0.4, -0.2) is 19.7 Å². The minimum absolute atomic E-state index is 0.421. The fourth-order valence-electron chi connectivity index (χ4n) is 3.06. The molecule has 2 rings (SSSR count). The van der Waals surface area contributed by atoms with Crippen molar-refractivity contribution in [1.29, 1.82) is 0 Å². The number of carbonyl (C=O) groups is 1. The summed E-state index contributed by atoms with van der Waals surface area (Å²) in [5.41, 5.74) is 0.918. The molecule has 0 amide bonds. The molecule has 0 unspecified atom stereocenters. The summed E-state index contributed by atoms with van der Waals surface area (Å²) in [6, 6.07) is 14.6. The van der Waals surface area contributed by atoms with Gasteiger partial charge in [-0.2, -0.15) is 0 Å². The van der Waals surface area contributed by atoms with Crippen LogP contribution in [0.4, 0.5) is 0 Å². The zero-order valence-corrected chi connectivity index (χ0v) is 18.3. The average Bonchev–Trinajstić information content (AvgIpc) is 2.78. The van der Waals surface area contributed by atoms with Crippen LogP contribution in [0.5, 0.6) is 17.2 Å². The molecule has 0 aliphatic carbocycles. The van der Waals surface area contributed by atoms with Crippen molar-refractivity contribution in [2.75, 3.05) is 13.7 Å². The van der Waals surface area contributed by atoms with E-state index >= 15 is 0 Å². The number of rotatable bonds is 14. The number of hydrogen-bond acceptors (Lipinski definition) is 4. The van der Waals surface area contributed by atoms with Gasteiger partial charge in [-0.3, -0.25) is 0 Å². The SMILES string of the molecule is CCCCCCCCCCOc1ccc(/C=C/C(=O)Oc2ccc(OC)cc2)cc1. The second-order valence-electron chi connectivity index (χ2n) is 7.32. The molecule has 0 saturated heterocycles. The highest BCUT2D eigenvalue weighted by atomic mass is 16.5. The monoisotopic (exact) mass is 410 g/mol. The minimum Gasteiger partial charge on any atom is -0.497 e. The minimum atomic E-state index is -0.421. The van der Waals surface area contributed by atoms with Gasteiger partial charge in [0.2, 0.25) is 0 Å². The quantitative estimate of drug-likeness (QED) is 0.148. The van der Waals surface area contributed by atoms with Crippen molar-refractivity contribution < 1.29 is 19.0 Å². The number of unbranched alkanes of at least 4 members (excludes halogenated alkanes) is 7. The van der Waals surface area contributed by atoms with E-state index in [2.05, 4.69) is 6.92 Å². The normalized spacial score (nSPS) is 10.9. The van der Waals surface area contributed by atoms with Crippen molar-refractivity contribution in [1.82, 2.24) is 0 Å². The molecule has 0 atom stereocenters. The maximum Gasteiger partial charge on any atom is 0.336 e. The summed E-state index contributed by atoms with van der Waals surface area (Å²) in [7, 11) is 1.59. The Morgan fingerprint density at radius 3 is 1.97 bits per heavy atom. The molecular weight excluding hydrogens is 376 g/mol. The molecule has 0 saturated carbocycles. The topological polar surface area (TPSA) is 44.8 Å². The van der Waals surface area contributed by atoms with Gasteiger partial charge in [0, 0.05) is 6.08 Å². The number of benzene rings is 2. The fourth-order valence-corrected chi connectivity index (χ4v) is 3.06. The van der Waals surface area contributed by atoms with E-state index in [4.69, 9.17) is 14.2 Å². The highest BCUT2D eigenvalue weighted by molar-refractivity contribution is 5.88. The van der Waals surface area contributed by atoms with Gasteiger partial charge >= 0.3 is 5.97 Å². The van der Waals surface area contributed by atoms with Gasteiger partial charge in [0.15, 0.2) is 0 Å². The molecule has 4 nitrogen and oxygen atoms in total. The van der Waals surface area contributed by atoms with Crippen LogP contribution in [0.25, 0.3) is 6.08 Å². The zero-order chi connectivity index (χ0) is 21.4. The van der Waals surface area contributed by atoms with Gasteiger partial charge in [0.25, 0.3) is 0 Å². The lowest BCUT2D eigenvalue weighted by atomic mass is 10.1. The molecular formula is C26H34O4. The Morgan fingerprint density at radius 1 is 0.767 bits per heavy atom. The summed E-state index contributed by atoms with van der Waals surface area (Å²) in [6.45, 7) is 3.00. The third-order valence-corrected chi connectivity index (χ3v) is 4.84. The Kier molecular flexibility index (Phi) is 11.2. The third kappa shape index (κ3) is 9.64. The summed E-state index contributed by atoms with van der Waals surface area (Å²) in [6.07, 6.45) is 13.5. The van der Waals surface area contributed by atoms with E-state index in [0.29, 0.717) is 5.75 Å². The number of ether oxygens (including phenoxy) is 3. The van der Waals surface area contributed by atoms with Crippen molar-refractivity contribution in [3.63, 3.8) is 0 Å². The lowest BCUT2D eigenvalue weighted by Crippen LogP contribution is -2.03. The van der Waals surface area contributed by atoms with E-state index in [-0.39, 0.29) is 0 Å². The summed E-state index contributed by atoms with van der Waals surface area (Å²) in [4.78, 5) is 11.9. The largest absolute Gasteiger partial charge is 0.497 e. The van der Waals surface area contributed by atoms with Crippen LogP contribution in [0.1, 0.15) is 63.9 Å². The molecule has 0 bridgehead atoms. The fraction of sp³-hybridized carbons (Fsp3) is 0.423. The molecule has 0 spiro atoms. The molecule has 30 heavy (non-hydrogen) atoms. The smallest absolute Gasteiger partial charge is 0.336 e. The highest BCUT2D eigenvalue weighted by Crippen LogP contribution is 2.18. The Morgan fingerprint density at radius 2 is 1.33 bits per heavy atom. The predicted octanol–water partition coefficient (Wildman–Crippen LogP) is 6.83. The third-order valence-electron chi connectivity index (χ3n) is 4.84. The van der Waals surface area contributed by atoms with Crippen LogP contribution in [0.15, 0.2) is 54.6 Å². The first-order valence-electron chi connectivity index (χ1n) is 11.0. The Bertz CT molecular complexity index is 748. The summed E-state index contributed by atoms with van der Waals surface area (Å²) < 4.78 is 16.2. The molecule has 0 aliphatic rings. The van der Waals surface area contributed by atoms with E-state index in [1.54, 1.807) is 37.5 Å². The first-order valence-corrected chi connectivity index (χ1v) is 11.0. The summed E-state index contributed by atoms with van der Waals surface area (Å²) in [5.74, 6) is 1.64. The van der Waals surface area contributed by atoms with Crippen LogP contribution in [0.2, 0.25) is 0 Å². The van der Waals surface area contributed by atoms with Crippen LogP contribution in [0.3, 0.4) is 0 Å².